The van der Waals surface area contributed by atoms with E-state index in [0.29, 0.717) is 6.42 Å². The van der Waals surface area contributed by atoms with E-state index in [1.165, 1.54) is 18.5 Å². The molecule has 0 aliphatic carbocycles. The van der Waals surface area contributed by atoms with Crippen molar-refractivity contribution >= 4 is 5.97 Å². The molecule has 2 rings (SSSR count). The zero-order valence-electron chi connectivity index (χ0n) is 10.1. The Morgan fingerprint density at radius 1 is 1.37 bits per heavy atom. The maximum absolute atomic E-state index is 13.9. The first kappa shape index (κ1) is 12.9. The monoisotopic (exact) mass is 262 g/mol. The molecule has 0 aliphatic heterocycles. The first-order valence-electron chi connectivity index (χ1n) is 5.63. The highest BCUT2D eigenvalue weighted by molar-refractivity contribution is 5.90. The minimum atomic E-state index is -1.15. The largest absolute Gasteiger partial charge is 0.478 e. The van der Waals surface area contributed by atoms with Gasteiger partial charge in [0.05, 0.1) is 5.69 Å². The van der Waals surface area contributed by atoms with E-state index in [0.717, 1.165) is 0 Å². The zero-order valence-corrected chi connectivity index (χ0v) is 10.1. The molecule has 0 radical (unpaired) electrons. The van der Waals surface area contributed by atoms with Crippen LogP contribution in [-0.4, -0.2) is 21.0 Å². The summed E-state index contributed by atoms with van der Waals surface area (Å²) in [7, 11) is 0. The zero-order chi connectivity index (χ0) is 13.8. The van der Waals surface area contributed by atoms with Gasteiger partial charge in [0.2, 0.25) is 5.82 Å². The fourth-order valence-electron chi connectivity index (χ4n) is 1.54. The molecule has 0 fully saturated rings. The molecule has 98 valence electrons. The molecule has 0 aliphatic rings. The van der Waals surface area contributed by atoms with Crippen molar-refractivity contribution in [2.75, 3.05) is 0 Å². The van der Waals surface area contributed by atoms with Gasteiger partial charge in [-0.05, 0) is 18.6 Å². The van der Waals surface area contributed by atoms with Crippen LogP contribution >= 0.6 is 0 Å². The van der Waals surface area contributed by atoms with Crippen LogP contribution < -0.4 is 4.74 Å². The van der Waals surface area contributed by atoms with Gasteiger partial charge in [-0.1, -0.05) is 19.1 Å². The molecule has 0 saturated carbocycles. The minimum absolute atomic E-state index is 0.0367. The molecular formula is C13H11FN2O3. The summed E-state index contributed by atoms with van der Waals surface area (Å²) in [5.74, 6) is -2.07. The second-order valence-electron chi connectivity index (χ2n) is 3.70. The molecule has 19 heavy (non-hydrogen) atoms. The van der Waals surface area contributed by atoms with Crippen molar-refractivity contribution in [2.45, 2.75) is 13.3 Å². The molecule has 5 nitrogen and oxygen atoms in total. The van der Waals surface area contributed by atoms with Gasteiger partial charge in [-0.2, -0.15) is 9.37 Å². The Morgan fingerprint density at radius 3 is 2.79 bits per heavy atom. The number of nitrogens with zero attached hydrogens (tertiary/aromatic N) is 2. The number of ether oxygens (including phenoxy) is 1. The average Bonchev–Trinajstić information content (AvgIpc) is 2.41. The van der Waals surface area contributed by atoms with Crippen molar-refractivity contribution in [1.29, 1.82) is 0 Å². The SMILES string of the molecule is CCc1ncnc(Oc2ccccc2C(=O)O)c1F. The van der Waals surface area contributed by atoms with Crippen LogP contribution in [0.3, 0.4) is 0 Å². The van der Waals surface area contributed by atoms with E-state index in [2.05, 4.69) is 9.97 Å². The second-order valence-corrected chi connectivity index (χ2v) is 3.70. The number of para-hydroxylation sites is 1. The Balaban J connectivity index is 2.39. The van der Waals surface area contributed by atoms with Crippen LogP contribution in [0.5, 0.6) is 11.6 Å². The number of aryl methyl sites for hydroxylation is 1. The minimum Gasteiger partial charge on any atom is -0.478 e. The molecule has 1 heterocycles. The van der Waals surface area contributed by atoms with E-state index in [9.17, 15) is 9.18 Å². The van der Waals surface area contributed by atoms with E-state index < -0.39 is 11.8 Å². The molecule has 0 amide bonds. The number of hydrogen-bond donors (Lipinski definition) is 1. The number of carboxylic acid groups (broad SMARTS) is 1. The summed E-state index contributed by atoms with van der Waals surface area (Å²) >= 11 is 0. The molecule has 0 atom stereocenters. The number of aromatic carboxylic acids is 1. The lowest BCUT2D eigenvalue weighted by Crippen LogP contribution is -2.03. The van der Waals surface area contributed by atoms with Crippen LogP contribution in [0.1, 0.15) is 23.0 Å². The fourth-order valence-corrected chi connectivity index (χ4v) is 1.54. The van der Waals surface area contributed by atoms with Crippen LogP contribution in [0.4, 0.5) is 4.39 Å². The number of rotatable bonds is 4. The molecule has 2 aromatic rings. The smallest absolute Gasteiger partial charge is 0.339 e. The summed E-state index contributed by atoms with van der Waals surface area (Å²) in [5, 5.41) is 9.01. The molecule has 0 saturated heterocycles. The van der Waals surface area contributed by atoms with Gasteiger partial charge in [0.1, 0.15) is 17.6 Å². The highest BCUT2D eigenvalue weighted by Gasteiger charge is 2.16. The van der Waals surface area contributed by atoms with Gasteiger partial charge in [-0.25, -0.2) is 9.78 Å². The van der Waals surface area contributed by atoms with Crippen LogP contribution in [0.2, 0.25) is 0 Å². The van der Waals surface area contributed by atoms with E-state index in [1.54, 1.807) is 19.1 Å². The lowest BCUT2D eigenvalue weighted by atomic mass is 10.2. The quantitative estimate of drug-likeness (QED) is 0.917. The van der Waals surface area contributed by atoms with Gasteiger partial charge in [0, 0.05) is 0 Å². The molecular weight excluding hydrogens is 251 g/mol. The molecule has 0 unspecified atom stereocenters. The molecule has 0 spiro atoms. The third kappa shape index (κ3) is 2.67. The number of carbonyl (C=O) groups is 1. The van der Waals surface area contributed by atoms with Gasteiger partial charge in [-0.3, -0.25) is 0 Å². The molecule has 6 heteroatoms. The predicted octanol–water partition coefficient (Wildman–Crippen LogP) is 2.67. The number of aromatic nitrogens is 2. The molecule has 0 bridgehead atoms. The van der Waals surface area contributed by atoms with Crippen molar-refractivity contribution in [2.24, 2.45) is 0 Å². The Bertz CT molecular complexity index is 617. The second kappa shape index (κ2) is 5.43. The number of halogens is 1. The van der Waals surface area contributed by atoms with Crippen molar-refractivity contribution in [3.05, 3.63) is 47.7 Å². The third-order valence-corrected chi connectivity index (χ3v) is 2.49. The average molecular weight is 262 g/mol. The Morgan fingerprint density at radius 2 is 2.11 bits per heavy atom. The Hall–Kier alpha value is -2.50. The standard InChI is InChI=1S/C13H11FN2O3/c1-2-9-11(14)12(16-7-15-9)19-10-6-4-3-5-8(10)13(17)18/h3-7H,2H2,1H3,(H,17,18). The molecule has 1 aromatic heterocycles. The van der Waals surface area contributed by atoms with Crippen molar-refractivity contribution in [3.63, 3.8) is 0 Å². The maximum atomic E-state index is 13.9. The van der Waals surface area contributed by atoms with Crippen LogP contribution in [0.15, 0.2) is 30.6 Å². The van der Waals surface area contributed by atoms with Crippen LogP contribution in [-0.2, 0) is 6.42 Å². The maximum Gasteiger partial charge on any atom is 0.339 e. The van der Waals surface area contributed by atoms with E-state index in [-0.39, 0.29) is 22.9 Å². The Kier molecular flexibility index (Phi) is 3.70. The van der Waals surface area contributed by atoms with Gasteiger partial charge in [-0.15, -0.1) is 0 Å². The first-order valence-corrected chi connectivity index (χ1v) is 5.63. The topological polar surface area (TPSA) is 72.3 Å². The van der Waals surface area contributed by atoms with E-state index in [4.69, 9.17) is 9.84 Å². The normalized spacial score (nSPS) is 10.2. The van der Waals surface area contributed by atoms with Gasteiger partial charge >= 0.3 is 5.97 Å². The van der Waals surface area contributed by atoms with E-state index in [1.807, 2.05) is 0 Å². The van der Waals surface area contributed by atoms with Crippen LogP contribution in [0.25, 0.3) is 0 Å². The van der Waals surface area contributed by atoms with E-state index >= 15 is 0 Å². The predicted molar refractivity (Wildman–Crippen MR) is 64.8 cm³/mol. The van der Waals surface area contributed by atoms with Crippen molar-refractivity contribution < 1.29 is 19.0 Å². The summed E-state index contributed by atoms with van der Waals surface area (Å²) in [6, 6.07) is 5.97. The summed E-state index contributed by atoms with van der Waals surface area (Å²) in [4.78, 5) is 18.5. The van der Waals surface area contributed by atoms with Gasteiger partial charge in [0.25, 0.3) is 5.88 Å². The molecule has 1 aromatic carbocycles. The van der Waals surface area contributed by atoms with Gasteiger partial charge < -0.3 is 9.84 Å². The first-order chi connectivity index (χ1) is 9.13. The van der Waals surface area contributed by atoms with Crippen molar-refractivity contribution in [1.82, 2.24) is 9.97 Å². The highest BCUT2D eigenvalue weighted by atomic mass is 19.1. The van der Waals surface area contributed by atoms with Gasteiger partial charge in [0.15, 0.2) is 0 Å². The Labute approximate surface area is 108 Å². The number of carboxylic acids is 1. The number of benzene rings is 1. The lowest BCUT2D eigenvalue weighted by Gasteiger charge is -2.09. The lowest BCUT2D eigenvalue weighted by molar-refractivity contribution is 0.0694. The third-order valence-electron chi connectivity index (χ3n) is 2.49. The fraction of sp³-hybridized carbons (Fsp3) is 0.154. The molecule has 1 N–H and O–H groups in total. The summed E-state index contributed by atoms with van der Waals surface area (Å²) in [5.41, 5.74) is 0.163. The highest BCUT2D eigenvalue weighted by Crippen LogP contribution is 2.26. The van der Waals surface area contributed by atoms with Crippen molar-refractivity contribution in [3.8, 4) is 11.6 Å². The summed E-state index contributed by atoms with van der Waals surface area (Å²) < 4.78 is 19.1. The number of hydrogen-bond acceptors (Lipinski definition) is 4. The summed E-state index contributed by atoms with van der Waals surface area (Å²) in [6.45, 7) is 1.75. The summed E-state index contributed by atoms with van der Waals surface area (Å²) in [6.07, 6.45) is 1.58. The van der Waals surface area contributed by atoms with Crippen LogP contribution in [0, 0.1) is 5.82 Å².